The van der Waals surface area contributed by atoms with Gasteiger partial charge in [0.1, 0.15) is 24.4 Å². The molecule has 0 aliphatic carbocycles. The molecule has 1 rings (SSSR count). The largest absolute Gasteiger partial charge is 0.394 e. The number of carbonyl (C=O) groups is 1. The van der Waals surface area contributed by atoms with Crippen LogP contribution in [0.15, 0.2) is 0 Å². The van der Waals surface area contributed by atoms with Crippen LogP contribution < -0.4 is 0 Å². The zero-order valence-electron chi connectivity index (χ0n) is 9.15. The summed E-state index contributed by atoms with van der Waals surface area (Å²) in [6.07, 6.45) is -5.21. The minimum absolute atomic E-state index is 0.374. The molecule has 1 aliphatic rings. The molecule has 5 atom stereocenters. The van der Waals surface area contributed by atoms with Gasteiger partial charge in [-0.05, 0) is 0 Å². The first-order valence-corrected chi connectivity index (χ1v) is 4.94. The highest BCUT2D eigenvalue weighted by atomic mass is 16.6. The summed E-state index contributed by atoms with van der Waals surface area (Å²) in [5.74, 6) is -0.374. The second-order valence-corrected chi connectivity index (χ2v) is 3.85. The third kappa shape index (κ3) is 2.33. The first-order chi connectivity index (χ1) is 7.40. The minimum atomic E-state index is -1.44. The quantitative estimate of drug-likeness (QED) is 0.413. The number of hydrogen-bond acceptors (Lipinski definition) is 6. The van der Waals surface area contributed by atoms with E-state index >= 15 is 0 Å². The molecular formula is C9H17NO6. The maximum absolute atomic E-state index is 11.1. The summed E-state index contributed by atoms with van der Waals surface area (Å²) in [6.45, 7) is 0.746. The molecule has 7 nitrogen and oxygen atoms in total. The predicted molar refractivity (Wildman–Crippen MR) is 52.2 cm³/mol. The Balaban J connectivity index is 2.83. The first kappa shape index (κ1) is 13.3. The van der Waals surface area contributed by atoms with Gasteiger partial charge in [-0.15, -0.1) is 0 Å². The van der Waals surface area contributed by atoms with Crippen LogP contribution >= 0.6 is 0 Å². The molecule has 0 aromatic carbocycles. The van der Waals surface area contributed by atoms with Crippen LogP contribution in [0, 0.1) is 0 Å². The molecule has 1 amide bonds. The summed E-state index contributed by atoms with van der Waals surface area (Å²) < 4.78 is 4.90. The maximum Gasteiger partial charge on any atom is 0.219 e. The molecular weight excluding hydrogens is 218 g/mol. The Morgan fingerprint density at radius 1 is 1.31 bits per heavy atom. The lowest BCUT2D eigenvalue weighted by molar-refractivity contribution is -0.268. The van der Waals surface area contributed by atoms with Crippen LogP contribution in [0.1, 0.15) is 6.92 Å². The fourth-order valence-corrected chi connectivity index (χ4v) is 1.71. The second-order valence-electron chi connectivity index (χ2n) is 3.85. The zero-order valence-corrected chi connectivity index (χ0v) is 9.15. The van der Waals surface area contributed by atoms with Crippen molar-refractivity contribution in [3.05, 3.63) is 0 Å². The molecule has 4 N–H and O–H groups in total. The smallest absolute Gasteiger partial charge is 0.219 e. The summed E-state index contributed by atoms with van der Waals surface area (Å²) in [7, 11) is 1.38. The van der Waals surface area contributed by atoms with Gasteiger partial charge >= 0.3 is 0 Å². The SMILES string of the molecule is CC(=O)N(C)[C@@H]1[C@@H](O)[C@@H](O)[C@@H](CO)O[C@@H]1O. The first-order valence-electron chi connectivity index (χ1n) is 4.94. The van der Waals surface area contributed by atoms with E-state index in [0.717, 1.165) is 4.90 Å². The molecule has 1 aliphatic heterocycles. The Bertz CT molecular complexity index is 260. The number of ether oxygens (including phenoxy) is 1. The van der Waals surface area contributed by atoms with E-state index in [9.17, 15) is 20.1 Å². The fraction of sp³-hybridized carbons (Fsp3) is 0.889. The lowest BCUT2D eigenvalue weighted by Gasteiger charge is -2.43. The topological polar surface area (TPSA) is 110 Å². The van der Waals surface area contributed by atoms with Crippen molar-refractivity contribution in [2.45, 2.75) is 37.6 Å². The third-order valence-corrected chi connectivity index (χ3v) is 2.81. The summed E-state index contributed by atoms with van der Waals surface area (Å²) in [5.41, 5.74) is 0. The second kappa shape index (κ2) is 5.07. The van der Waals surface area contributed by atoms with Gasteiger partial charge in [-0.1, -0.05) is 0 Å². The van der Waals surface area contributed by atoms with Crippen molar-refractivity contribution in [2.75, 3.05) is 13.7 Å². The number of carbonyl (C=O) groups excluding carboxylic acids is 1. The highest BCUT2D eigenvalue weighted by Gasteiger charge is 2.46. The summed E-state index contributed by atoms with van der Waals surface area (Å²) in [5, 5.41) is 37.7. The van der Waals surface area contributed by atoms with Gasteiger partial charge in [0, 0.05) is 14.0 Å². The summed E-state index contributed by atoms with van der Waals surface area (Å²) >= 11 is 0. The van der Waals surface area contributed by atoms with Crippen LogP contribution in [0.4, 0.5) is 0 Å². The van der Waals surface area contributed by atoms with E-state index in [1.807, 2.05) is 0 Å². The summed E-state index contributed by atoms with van der Waals surface area (Å²) in [4.78, 5) is 12.2. The molecule has 0 aromatic heterocycles. The minimum Gasteiger partial charge on any atom is -0.394 e. The average molecular weight is 235 g/mol. The number of hydrogen-bond donors (Lipinski definition) is 4. The van der Waals surface area contributed by atoms with Crippen molar-refractivity contribution < 1.29 is 30.0 Å². The monoisotopic (exact) mass is 235 g/mol. The van der Waals surface area contributed by atoms with Gasteiger partial charge in [-0.2, -0.15) is 0 Å². The van der Waals surface area contributed by atoms with Crippen molar-refractivity contribution >= 4 is 5.91 Å². The Kier molecular flexibility index (Phi) is 4.22. The molecule has 0 spiro atoms. The van der Waals surface area contributed by atoms with Crippen molar-refractivity contribution in [3.63, 3.8) is 0 Å². The molecule has 0 radical (unpaired) electrons. The van der Waals surface area contributed by atoms with Gasteiger partial charge < -0.3 is 30.1 Å². The lowest BCUT2D eigenvalue weighted by Crippen LogP contribution is -2.64. The van der Waals surface area contributed by atoms with Crippen LogP contribution in [0.25, 0.3) is 0 Å². The van der Waals surface area contributed by atoms with Gasteiger partial charge in [0.15, 0.2) is 6.29 Å². The van der Waals surface area contributed by atoms with E-state index in [4.69, 9.17) is 9.84 Å². The Morgan fingerprint density at radius 3 is 2.31 bits per heavy atom. The Labute approximate surface area is 92.9 Å². The van der Waals surface area contributed by atoms with Crippen LogP contribution in [0.3, 0.4) is 0 Å². The van der Waals surface area contributed by atoms with E-state index in [1.54, 1.807) is 0 Å². The number of likely N-dealkylation sites (N-methyl/N-ethyl adjacent to an activating group) is 1. The molecule has 1 fully saturated rings. The Morgan fingerprint density at radius 2 is 1.88 bits per heavy atom. The fourth-order valence-electron chi connectivity index (χ4n) is 1.71. The van der Waals surface area contributed by atoms with Gasteiger partial charge in [-0.3, -0.25) is 4.79 Å². The maximum atomic E-state index is 11.1. The molecule has 0 unspecified atom stereocenters. The molecule has 16 heavy (non-hydrogen) atoms. The number of nitrogens with zero attached hydrogens (tertiary/aromatic N) is 1. The molecule has 0 aromatic rings. The molecule has 1 heterocycles. The molecule has 1 saturated heterocycles. The molecule has 7 heteroatoms. The molecule has 94 valence electrons. The van der Waals surface area contributed by atoms with Crippen molar-refractivity contribution in [1.29, 1.82) is 0 Å². The number of aliphatic hydroxyl groups is 4. The van der Waals surface area contributed by atoms with E-state index in [0.29, 0.717) is 0 Å². The van der Waals surface area contributed by atoms with E-state index in [-0.39, 0.29) is 5.91 Å². The van der Waals surface area contributed by atoms with Crippen LogP contribution in [-0.4, -0.2) is 75.5 Å². The number of aliphatic hydroxyl groups excluding tert-OH is 4. The van der Waals surface area contributed by atoms with Gasteiger partial charge in [0.05, 0.1) is 6.61 Å². The van der Waals surface area contributed by atoms with E-state index in [1.165, 1.54) is 14.0 Å². The number of amides is 1. The standard InChI is InChI=1S/C9H17NO6/c1-4(12)10(2)6-8(14)7(13)5(3-11)16-9(6)15/h5-9,11,13-15H,3H2,1-2H3/t5-,6-,7+,8-,9+/m1/s1. The van der Waals surface area contributed by atoms with Crippen LogP contribution in [-0.2, 0) is 9.53 Å². The Hall–Kier alpha value is -0.730. The van der Waals surface area contributed by atoms with Crippen molar-refractivity contribution in [3.8, 4) is 0 Å². The van der Waals surface area contributed by atoms with Crippen LogP contribution in [0.2, 0.25) is 0 Å². The highest BCUT2D eigenvalue weighted by Crippen LogP contribution is 2.23. The molecule has 0 saturated carbocycles. The third-order valence-electron chi connectivity index (χ3n) is 2.81. The van der Waals surface area contributed by atoms with Crippen molar-refractivity contribution in [1.82, 2.24) is 4.90 Å². The average Bonchev–Trinajstić information content (AvgIpc) is 2.23. The van der Waals surface area contributed by atoms with E-state index < -0.39 is 37.3 Å². The summed E-state index contributed by atoms with van der Waals surface area (Å²) in [6, 6.07) is -1.05. The number of rotatable bonds is 2. The van der Waals surface area contributed by atoms with Crippen LogP contribution in [0.5, 0.6) is 0 Å². The van der Waals surface area contributed by atoms with Gasteiger partial charge in [0.25, 0.3) is 0 Å². The van der Waals surface area contributed by atoms with E-state index in [2.05, 4.69) is 0 Å². The zero-order chi connectivity index (χ0) is 12.5. The lowest BCUT2D eigenvalue weighted by atomic mass is 9.96. The molecule has 0 bridgehead atoms. The van der Waals surface area contributed by atoms with Gasteiger partial charge in [0.2, 0.25) is 5.91 Å². The normalized spacial score (nSPS) is 39.5. The van der Waals surface area contributed by atoms with Crippen molar-refractivity contribution in [2.24, 2.45) is 0 Å². The van der Waals surface area contributed by atoms with Gasteiger partial charge in [-0.25, -0.2) is 0 Å². The highest BCUT2D eigenvalue weighted by molar-refractivity contribution is 5.73. The predicted octanol–water partition coefficient (Wildman–Crippen LogP) is -2.74.